The average Bonchev–Trinajstić information content (AvgIpc) is 3.00. The van der Waals surface area contributed by atoms with E-state index in [0.29, 0.717) is 13.2 Å². The number of nitrogens with zero attached hydrogens (tertiary/aromatic N) is 1. The molecule has 0 bridgehead atoms. The zero-order valence-electron chi connectivity index (χ0n) is 16.1. The summed E-state index contributed by atoms with van der Waals surface area (Å²) >= 11 is 0. The Morgan fingerprint density at radius 1 is 1.37 bits per heavy atom. The first-order valence-electron chi connectivity index (χ1n) is 10.1. The lowest BCUT2D eigenvalue weighted by atomic mass is 9.75. The molecule has 0 radical (unpaired) electrons. The second kappa shape index (κ2) is 9.27. The van der Waals surface area contributed by atoms with Crippen molar-refractivity contribution in [1.29, 1.82) is 0 Å². The number of carboxylic acid groups (broad SMARTS) is 1. The SMILES string of the molecule is C=CCCCCCOc1ccc2c(c1)OCC21CCCN(CCC(=O)O)C1. The van der Waals surface area contributed by atoms with Crippen LogP contribution in [0, 0.1) is 0 Å². The summed E-state index contributed by atoms with van der Waals surface area (Å²) in [5.41, 5.74) is 1.25. The van der Waals surface area contributed by atoms with Gasteiger partial charge in [0, 0.05) is 30.1 Å². The molecule has 0 aliphatic carbocycles. The van der Waals surface area contributed by atoms with Crippen LogP contribution < -0.4 is 9.47 Å². The van der Waals surface area contributed by atoms with Crippen LogP contribution in [0.2, 0.25) is 0 Å². The second-order valence-corrected chi connectivity index (χ2v) is 7.74. The maximum absolute atomic E-state index is 10.9. The lowest BCUT2D eigenvalue weighted by Gasteiger charge is -2.39. The first-order valence-corrected chi connectivity index (χ1v) is 10.1. The molecule has 2 aliphatic rings. The number of rotatable bonds is 10. The number of aliphatic carboxylic acids is 1. The van der Waals surface area contributed by atoms with Crippen LogP contribution in [0.3, 0.4) is 0 Å². The largest absolute Gasteiger partial charge is 0.493 e. The third kappa shape index (κ3) is 5.04. The molecule has 5 nitrogen and oxygen atoms in total. The number of likely N-dealkylation sites (tertiary alicyclic amines) is 1. The molecule has 1 fully saturated rings. The third-order valence-electron chi connectivity index (χ3n) is 5.65. The van der Waals surface area contributed by atoms with E-state index in [2.05, 4.69) is 23.6 Å². The van der Waals surface area contributed by atoms with Gasteiger partial charge < -0.3 is 19.5 Å². The lowest BCUT2D eigenvalue weighted by molar-refractivity contribution is -0.137. The van der Waals surface area contributed by atoms with E-state index in [4.69, 9.17) is 14.6 Å². The van der Waals surface area contributed by atoms with Gasteiger partial charge in [0.2, 0.25) is 0 Å². The van der Waals surface area contributed by atoms with Crippen LogP contribution in [0.15, 0.2) is 30.9 Å². The van der Waals surface area contributed by atoms with E-state index in [9.17, 15) is 4.79 Å². The normalized spacial score (nSPS) is 21.6. The van der Waals surface area contributed by atoms with Gasteiger partial charge in [-0.1, -0.05) is 12.1 Å². The summed E-state index contributed by atoms with van der Waals surface area (Å²) in [5.74, 6) is 1.07. The van der Waals surface area contributed by atoms with Crippen molar-refractivity contribution < 1.29 is 19.4 Å². The Morgan fingerprint density at radius 2 is 2.26 bits per heavy atom. The van der Waals surface area contributed by atoms with E-state index in [0.717, 1.165) is 63.3 Å². The molecular formula is C22H31NO4. The Labute approximate surface area is 162 Å². The van der Waals surface area contributed by atoms with Crippen LogP contribution in [0.4, 0.5) is 0 Å². The molecule has 1 atom stereocenters. The van der Waals surface area contributed by atoms with Gasteiger partial charge in [0.05, 0.1) is 19.6 Å². The molecular weight excluding hydrogens is 342 g/mol. The maximum Gasteiger partial charge on any atom is 0.304 e. The fraction of sp³-hybridized carbons (Fsp3) is 0.591. The molecule has 0 aromatic heterocycles. The summed E-state index contributed by atoms with van der Waals surface area (Å²) in [5, 5.41) is 8.95. The van der Waals surface area contributed by atoms with Crippen LogP contribution in [0.25, 0.3) is 0 Å². The smallest absolute Gasteiger partial charge is 0.304 e. The van der Waals surface area contributed by atoms with Crippen molar-refractivity contribution in [2.45, 2.75) is 50.4 Å². The van der Waals surface area contributed by atoms with Crippen molar-refractivity contribution in [3.63, 3.8) is 0 Å². The summed E-state index contributed by atoms with van der Waals surface area (Å²) < 4.78 is 11.9. The van der Waals surface area contributed by atoms with E-state index in [1.165, 1.54) is 12.0 Å². The van der Waals surface area contributed by atoms with Gasteiger partial charge in [-0.25, -0.2) is 0 Å². The predicted octanol–water partition coefficient (Wildman–Crippen LogP) is 4.01. The summed E-state index contributed by atoms with van der Waals surface area (Å²) in [6.07, 6.45) is 8.76. The van der Waals surface area contributed by atoms with Crippen LogP contribution in [0.1, 0.15) is 50.5 Å². The topological polar surface area (TPSA) is 59.0 Å². The highest BCUT2D eigenvalue weighted by molar-refractivity contribution is 5.66. The molecule has 1 N–H and O–H groups in total. The minimum atomic E-state index is -0.732. The molecule has 27 heavy (non-hydrogen) atoms. The minimum Gasteiger partial charge on any atom is -0.493 e. The Bertz CT molecular complexity index is 660. The molecule has 1 aromatic rings. The van der Waals surface area contributed by atoms with E-state index < -0.39 is 5.97 Å². The van der Waals surface area contributed by atoms with Gasteiger partial charge in [-0.3, -0.25) is 4.79 Å². The number of fused-ring (bicyclic) bond motifs is 2. The van der Waals surface area contributed by atoms with Gasteiger partial charge in [0.25, 0.3) is 0 Å². The lowest BCUT2D eigenvalue weighted by Crippen LogP contribution is -2.47. The Kier molecular flexibility index (Phi) is 6.78. The van der Waals surface area contributed by atoms with Gasteiger partial charge in [0.1, 0.15) is 11.5 Å². The van der Waals surface area contributed by atoms with Crippen molar-refractivity contribution in [1.82, 2.24) is 4.90 Å². The van der Waals surface area contributed by atoms with Crippen molar-refractivity contribution in [3.8, 4) is 11.5 Å². The Balaban J connectivity index is 1.57. The van der Waals surface area contributed by atoms with Crippen LogP contribution >= 0.6 is 0 Å². The highest BCUT2D eigenvalue weighted by Crippen LogP contribution is 2.45. The number of carbonyl (C=O) groups is 1. The van der Waals surface area contributed by atoms with Crippen molar-refractivity contribution in [2.75, 3.05) is 32.8 Å². The van der Waals surface area contributed by atoms with E-state index in [-0.39, 0.29) is 11.8 Å². The number of ether oxygens (including phenoxy) is 2. The van der Waals surface area contributed by atoms with Crippen LogP contribution in [-0.2, 0) is 10.2 Å². The highest BCUT2D eigenvalue weighted by Gasteiger charge is 2.43. The first-order chi connectivity index (χ1) is 13.1. The Hall–Kier alpha value is -2.01. The molecule has 3 rings (SSSR count). The number of hydrogen-bond donors (Lipinski definition) is 1. The van der Waals surface area contributed by atoms with Gasteiger partial charge in [-0.05, 0) is 51.1 Å². The number of piperidine rings is 1. The molecule has 0 amide bonds. The van der Waals surface area contributed by atoms with E-state index in [1.54, 1.807) is 0 Å². The second-order valence-electron chi connectivity index (χ2n) is 7.74. The standard InChI is InChI=1S/C22H31NO4/c1-2-3-4-5-6-14-26-18-8-9-19-20(15-18)27-17-22(19)11-7-12-23(16-22)13-10-21(24)25/h2,8-9,15H,1,3-7,10-14,16-17H2,(H,24,25). The molecule has 0 saturated carbocycles. The monoisotopic (exact) mass is 373 g/mol. The zero-order chi connectivity index (χ0) is 19.1. The van der Waals surface area contributed by atoms with Crippen molar-refractivity contribution in [3.05, 3.63) is 36.4 Å². The average molecular weight is 373 g/mol. The number of benzene rings is 1. The number of allylic oxidation sites excluding steroid dienone is 1. The fourth-order valence-corrected chi connectivity index (χ4v) is 4.21. The predicted molar refractivity (Wildman–Crippen MR) is 106 cm³/mol. The first kappa shape index (κ1) is 19.7. The molecule has 5 heteroatoms. The van der Waals surface area contributed by atoms with Crippen molar-refractivity contribution >= 4 is 5.97 Å². The molecule has 1 unspecified atom stereocenters. The third-order valence-corrected chi connectivity index (χ3v) is 5.65. The number of carboxylic acids is 1. The molecule has 2 heterocycles. The highest BCUT2D eigenvalue weighted by atomic mass is 16.5. The quantitative estimate of drug-likeness (QED) is 0.496. The summed E-state index contributed by atoms with van der Waals surface area (Å²) in [4.78, 5) is 13.1. The maximum atomic E-state index is 10.9. The molecule has 1 aromatic carbocycles. The van der Waals surface area contributed by atoms with Gasteiger partial charge in [0.15, 0.2) is 0 Å². The molecule has 2 aliphatic heterocycles. The number of unbranched alkanes of at least 4 members (excludes halogenated alkanes) is 3. The summed E-state index contributed by atoms with van der Waals surface area (Å²) in [6.45, 7) is 7.60. The summed E-state index contributed by atoms with van der Waals surface area (Å²) in [7, 11) is 0. The van der Waals surface area contributed by atoms with Gasteiger partial charge >= 0.3 is 5.97 Å². The van der Waals surface area contributed by atoms with Crippen LogP contribution in [0.5, 0.6) is 11.5 Å². The van der Waals surface area contributed by atoms with Crippen LogP contribution in [-0.4, -0.2) is 48.8 Å². The zero-order valence-corrected chi connectivity index (χ0v) is 16.1. The number of hydrogen-bond acceptors (Lipinski definition) is 4. The van der Waals surface area contributed by atoms with Gasteiger partial charge in [-0.2, -0.15) is 0 Å². The molecule has 1 spiro atoms. The van der Waals surface area contributed by atoms with Gasteiger partial charge in [-0.15, -0.1) is 6.58 Å². The van der Waals surface area contributed by atoms with E-state index >= 15 is 0 Å². The molecule has 1 saturated heterocycles. The Morgan fingerprint density at radius 3 is 3.07 bits per heavy atom. The molecule has 148 valence electrons. The fourth-order valence-electron chi connectivity index (χ4n) is 4.21. The van der Waals surface area contributed by atoms with Crippen molar-refractivity contribution in [2.24, 2.45) is 0 Å². The minimum absolute atomic E-state index is 0.00466. The van der Waals surface area contributed by atoms with E-state index in [1.807, 2.05) is 12.1 Å². The summed E-state index contributed by atoms with van der Waals surface area (Å²) in [6, 6.07) is 6.22.